The molecule has 148 valence electrons. The lowest BCUT2D eigenvalue weighted by Crippen LogP contribution is -2.49. The fraction of sp³-hybridized carbons (Fsp3) is 0.250. The molecular weight excluding hydrogens is 390 g/mol. The zero-order valence-electron chi connectivity index (χ0n) is 15.6. The Kier molecular flexibility index (Phi) is 6.13. The van der Waals surface area contributed by atoms with Gasteiger partial charge in [0.15, 0.2) is 0 Å². The van der Waals surface area contributed by atoms with Crippen molar-refractivity contribution in [3.05, 3.63) is 53.7 Å². The SMILES string of the molecule is C#CCNS(=O)(=O)c1ccc(C(=O)N2CCN(c3ncccc3C#N)CC2)cc1. The molecule has 1 aromatic heterocycles. The van der Waals surface area contributed by atoms with E-state index >= 15 is 0 Å². The highest BCUT2D eigenvalue weighted by atomic mass is 32.2. The highest BCUT2D eigenvalue weighted by Gasteiger charge is 2.24. The van der Waals surface area contributed by atoms with Crippen LogP contribution >= 0.6 is 0 Å². The molecule has 0 unspecified atom stereocenters. The second-order valence-corrected chi connectivity index (χ2v) is 8.09. The number of piperazine rings is 1. The van der Waals surface area contributed by atoms with E-state index in [-0.39, 0.29) is 17.3 Å². The molecule has 0 spiro atoms. The van der Waals surface area contributed by atoms with Crippen molar-refractivity contribution in [2.24, 2.45) is 0 Å². The number of pyridine rings is 1. The smallest absolute Gasteiger partial charge is 0.253 e. The molecule has 1 aliphatic rings. The van der Waals surface area contributed by atoms with Crippen LogP contribution in [0.5, 0.6) is 0 Å². The van der Waals surface area contributed by atoms with E-state index in [1.807, 2.05) is 4.90 Å². The number of sulfonamides is 1. The number of rotatable bonds is 5. The number of amides is 1. The number of carbonyl (C=O) groups is 1. The van der Waals surface area contributed by atoms with Crippen LogP contribution in [0.1, 0.15) is 15.9 Å². The molecule has 9 heteroatoms. The van der Waals surface area contributed by atoms with Gasteiger partial charge in [-0.1, -0.05) is 5.92 Å². The van der Waals surface area contributed by atoms with Gasteiger partial charge < -0.3 is 9.80 Å². The zero-order chi connectivity index (χ0) is 20.9. The molecule has 0 bridgehead atoms. The van der Waals surface area contributed by atoms with Crippen LogP contribution < -0.4 is 9.62 Å². The van der Waals surface area contributed by atoms with Crippen molar-refractivity contribution in [3.8, 4) is 18.4 Å². The van der Waals surface area contributed by atoms with Crippen LogP contribution in [0.3, 0.4) is 0 Å². The topological polar surface area (TPSA) is 106 Å². The summed E-state index contributed by atoms with van der Waals surface area (Å²) in [6, 6.07) is 11.3. The summed E-state index contributed by atoms with van der Waals surface area (Å²) in [7, 11) is -3.69. The standard InChI is InChI=1S/C20H19N5O3S/c1-2-9-23-29(27,28)18-7-5-16(6-8-18)20(26)25-13-11-24(12-14-25)19-17(15-21)4-3-10-22-19/h1,3-8,10,23H,9,11-14H2. The molecule has 0 radical (unpaired) electrons. The van der Waals surface area contributed by atoms with Crippen LogP contribution in [0.15, 0.2) is 47.5 Å². The summed E-state index contributed by atoms with van der Waals surface area (Å²) < 4.78 is 26.4. The monoisotopic (exact) mass is 409 g/mol. The lowest BCUT2D eigenvalue weighted by molar-refractivity contribution is 0.0746. The maximum Gasteiger partial charge on any atom is 0.253 e. The van der Waals surface area contributed by atoms with E-state index in [0.717, 1.165) is 0 Å². The fourth-order valence-corrected chi connectivity index (χ4v) is 3.97. The molecule has 1 aromatic carbocycles. The van der Waals surface area contributed by atoms with Gasteiger partial charge in [0.2, 0.25) is 10.0 Å². The molecule has 0 aliphatic carbocycles. The normalized spacial score (nSPS) is 14.1. The van der Waals surface area contributed by atoms with Gasteiger partial charge in [-0.05, 0) is 36.4 Å². The molecule has 1 aliphatic heterocycles. The Hall–Kier alpha value is -3.40. The van der Waals surface area contributed by atoms with Gasteiger partial charge in [0.05, 0.1) is 17.0 Å². The maximum absolute atomic E-state index is 12.7. The highest BCUT2D eigenvalue weighted by Crippen LogP contribution is 2.19. The minimum absolute atomic E-state index is 0.0494. The van der Waals surface area contributed by atoms with E-state index in [2.05, 4.69) is 21.7 Å². The zero-order valence-corrected chi connectivity index (χ0v) is 16.4. The van der Waals surface area contributed by atoms with Gasteiger partial charge in [-0.25, -0.2) is 13.4 Å². The molecule has 1 fully saturated rings. The Balaban J connectivity index is 1.65. The van der Waals surface area contributed by atoms with Crippen LogP contribution in [0.4, 0.5) is 5.82 Å². The van der Waals surface area contributed by atoms with Gasteiger partial charge in [-0.15, -0.1) is 6.42 Å². The third-order valence-electron chi connectivity index (χ3n) is 4.55. The number of benzene rings is 1. The fourth-order valence-electron chi connectivity index (χ4n) is 3.04. The second-order valence-electron chi connectivity index (χ2n) is 6.32. The first-order valence-corrected chi connectivity index (χ1v) is 10.4. The Bertz CT molecular complexity index is 1080. The third kappa shape index (κ3) is 4.54. The molecule has 0 atom stereocenters. The first-order chi connectivity index (χ1) is 14.0. The van der Waals surface area contributed by atoms with Crippen LogP contribution in [0.25, 0.3) is 0 Å². The number of nitrogens with one attached hydrogen (secondary N) is 1. The number of nitrogens with zero attached hydrogens (tertiary/aromatic N) is 4. The lowest BCUT2D eigenvalue weighted by Gasteiger charge is -2.35. The number of aromatic nitrogens is 1. The van der Waals surface area contributed by atoms with E-state index in [0.29, 0.717) is 43.1 Å². The molecule has 1 amide bonds. The number of anilines is 1. The lowest BCUT2D eigenvalue weighted by atomic mass is 10.1. The number of hydrogen-bond acceptors (Lipinski definition) is 6. The molecular formula is C20H19N5O3S. The van der Waals surface area contributed by atoms with Crippen LogP contribution in [0, 0.1) is 23.7 Å². The number of hydrogen-bond donors (Lipinski definition) is 1. The van der Waals surface area contributed by atoms with E-state index in [1.54, 1.807) is 23.2 Å². The third-order valence-corrected chi connectivity index (χ3v) is 5.97. The van der Waals surface area contributed by atoms with Gasteiger partial charge in [-0.2, -0.15) is 9.98 Å². The van der Waals surface area contributed by atoms with Gasteiger partial charge in [0, 0.05) is 37.9 Å². The molecule has 3 rings (SSSR count). The summed E-state index contributed by atoms with van der Waals surface area (Å²) in [4.78, 5) is 20.8. The van der Waals surface area contributed by atoms with Gasteiger partial charge in [0.25, 0.3) is 5.91 Å². The highest BCUT2D eigenvalue weighted by molar-refractivity contribution is 7.89. The second kappa shape index (κ2) is 8.74. The predicted octanol–water partition coefficient (Wildman–Crippen LogP) is 0.827. The molecule has 2 aromatic rings. The molecule has 1 N–H and O–H groups in total. The van der Waals surface area contributed by atoms with Crippen molar-refractivity contribution in [2.45, 2.75) is 4.90 Å². The Morgan fingerprint density at radius 2 is 1.86 bits per heavy atom. The van der Waals surface area contributed by atoms with Crippen molar-refractivity contribution < 1.29 is 13.2 Å². The average Bonchev–Trinajstić information content (AvgIpc) is 2.77. The first kappa shape index (κ1) is 20.3. The summed E-state index contributed by atoms with van der Waals surface area (Å²) in [6.45, 7) is 1.96. The predicted molar refractivity (Wildman–Crippen MR) is 108 cm³/mol. The molecule has 29 heavy (non-hydrogen) atoms. The van der Waals surface area contributed by atoms with Crippen molar-refractivity contribution in [3.63, 3.8) is 0 Å². The maximum atomic E-state index is 12.7. The first-order valence-electron chi connectivity index (χ1n) is 8.89. The summed E-state index contributed by atoms with van der Waals surface area (Å²) in [6.07, 6.45) is 6.71. The van der Waals surface area contributed by atoms with Crippen molar-refractivity contribution in [2.75, 3.05) is 37.6 Å². The van der Waals surface area contributed by atoms with E-state index in [1.165, 1.54) is 24.3 Å². The van der Waals surface area contributed by atoms with Gasteiger partial charge >= 0.3 is 0 Å². The van der Waals surface area contributed by atoms with E-state index in [9.17, 15) is 18.5 Å². The van der Waals surface area contributed by atoms with Crippen LogP contribution in [0.2, 0.25) is 0 Å². The van der Waals surface area contributed by atoms with Gasteiger partial charge in [-0.3, -0.25) is 4.79 Å². The summed E-state index contributed by atoms with van der Waals surface area (Å²) >= 11 is 0. The van der Waals surface area contributed by atoms with Crippen molar-refractivity contribution >= 4 is 21.7 Å². The average molecular weight is 409 g/mol. The number of carbonyl (C=O) groups excluding carboxylic acids is 1. The summed E-state index contributed by atoms with van der Waals surface area (Å²) in [5, 5.41) is 9.23. The van der Waals surface area contributed by atoms with Crippen molar-refractivity contribution in [1.29, 1.82) is 5.26 Å². The van der Waals surface area contributed by atoms with E-state index in [4.69, 9.17) is 6.42 Å². The molecule has 1 saturated heterocycles. The quantitative estimate of drug-likeness (QED) is 0.733. The molecule has 2 heterocycles. The molecule has 0 saturated carbocycles. The minimum Gasteiger partial charge on any atom is -0.352 e. The number of nitriles is 1. The Morgan fingerprint density at radius 1 is 1.17 bits per heavy atom. The Morgan fingerprint density at radius 3 is 2.48 bits per heavy atom. The minimum atomic E-state index is -3.69. The van der Waals surface area contributed by atoms with Gasteiger partial charge in [0.1, 0.15) is 11.9 Å². The number of terminal acetylenes is 1. The Labute approximate surface area is 169 Å². The van der Waals surface area contributed by atoms with Crippen molar-refractivity contribution in [1.82, 2.24) is 14.6 Å². The van der Waals surface area contributed by atoms with Crippen LogP contribution in [-0.4, -0.2) is 56.9 Å². The summed E-state index contributed by atoms with van der Waals surface area (Å²) in [5.41, 5.74) is 0.910. The van der Waals surface area contributed by atoms with Crippen LogP contribution in [-0.2, 0) is 10.0 Å². The molecule has 8 nitrogen and oxygen atoms in total. The van der Waals surface area contributed by atoms with E-state index < -0.39 is 10.0 Å². The largest absolute Gasteiger partial charge is 0.352 e. The summed E-state index contributed by atoms with van der Waals surface area (Å²) in [5.74, 6) is 2.66.